The molecule has 0 amide bonds. The Morgan fingerprint density at radius 2 is 1.60 bits per heavy atom. The molecule has 0 aromatic heterocycles. The van der Waals surface area contributed by atoms with Crippen molar-refractivity contribution < 1.29 is 0 Å². The van der Waals surface area contributed by atoms with Crippen molar-refractivity contribution in [2.45, 2.75) is 40.0 Å². The molecule has 0 atom stereocenters. The number of hydrogen-bond donors (Lipinski definition) is 0. The molecular weight excluding hydrogens is 240 g/mol. The molecule has 0 spiro atoms. The number of allylic oxidation sites excluding steroid dienone is 1. The highest BCUT2D eigenvalue weighted by molar-refractivity contribution is 5.81. The van der Waals surface area contributed by atoms with Gasteiger partial charge in [0, 0.05) is 0 Å². The van der Waals surface area contributed by atoms with Crippen molar-refractivity contribution in [1.29, 1.82) is 0 Å². The second-order valence-electron chi connectivity index (χ2n) is 6.52. The van der Waals surface area contributed by atoms with Gasteiger partial charge in [0.2, 0.25) is 0 Å². The molecule has 0 nitrogen and oxygen atoms in total. The van der Waals surface area contributed by atoms with Gasteiger partial charge in [-0.3, -0.25) is 0 Å². The summed E-state index contributed by atoms with van der Waals surface area (Å²) in [5.74, 6) is 0. The van der Waals surface area contributed by atoms with Crippen LogP contribution in [0.5, 0.6) is 0 Å². The highest BCUT2D eigenvalue weighted by Crippen LogP contribution is 2.28. The molecule has 20 heavy (non-hydrogen) atoms. The van der Waals surface area contributed by atoms with Crippen molar-refractivity contribution in [1.82, 2.24) is 0 Å². The molecule has 2 rings (SSSR count). The smallest absolute Gasteiger partial charge is 0.0132 e. The third-order valence-electron chi connectivity index (χ3n) is 3.71. The lowest BCUT2D eigenvalue weighted by Crippen LogP contribution is -2.11. The SMILES string of the molecule is C/C(=C\c1ccccc1)c1cc(C(C)(C)C)ccc1C. The molecule has 0 bridgehead atoms. The van der Waals surface area contributed by atoms with Gasteiger partial charge in [-0.1, -0.05) is 75.4 Å². The Hall–Kier alpha value is -1.82. The van der Waals surface area contributed by atoms with E-state index in [2.05, 4.69) is 89.2 Å². The highest BCUT2D eigenvalue weighted by Gasteiger charge is 2.15. The fourth-order valence-corrected chi connectivity index (χ4v) is 2.39. The van der Waals surface area contributed by atoms with Crippen LogP contribution >= 0.6 is 0 Å². The number of aryl methyl sites for hydroxylation is 1. The van der Waals surface area contributed by atoms with Gasteiger partial charge < -0.3 is 0 Å². The van der Waals surface area contributed by atoms with Crippen LogP contribution in [0.25, 0.3) is 11.6 Å². The summed E-state index contributed by atoms with van der Waals surface area (Å²) in [6, 6.07) is 17.3. The Bertz CT molecular complexity index is 610. The lowest BCUT2D eigenvalue weighted by molar-refractivity contribution is 0.590. The van der Waals surface area contributed by atoms with Crippen molar-refractivity contribution >= 4 is 11.6 Å². The molecule has 0 radical (unpaired) electrons. The van der Waals surface area contributed by atoms with Crippen LogP contribution in [0, 0.1) is 6.92 Å². The minimum atomic E-state index is 0.190. The second kappa shape index (κ2) is 5.66. The van der Waals surface area contributed by atoms with Crippen LogP contribution in [0.3, 0.4) is 0 Å². The topological polar surface area (TPSA) is 0 Å². The van der Waals surface area contributed by atoms with Gasteiger partial charge in [-0.05, 0) is 47.1 Å². The Morgan fingerprint density at radius 1 is 0.950 bits per heavy atom. The van der Waals surface area contributed by atoms with Crippen LogP contribution in [0.15, 0.2) is 48.5 Å². The summed E-state index contributed by atoms with van der Waals surface area (Å²) in [6.45, 7) is 11.2. The molecule has 0 saturated heterocycles. The van der Waals surface area contributed by atoms with Gasteiger partial charge in [0.1, 0.15) is 0 Å². The van der Waals surface area contributed by atoms with Gasteiger partial charge in [-0.15, -0.1) is 0 Å². The predicted molar refractivity (Wildman–Crippen MR) is 89.9 cm³/mol. The van der Waals surface area contributed by atoms with Crippen LogP contribution < -0.4 is 0 Å². The van der Waals surface area contributed by atoms with Gasteiger partial charge in [0.15, 0.2) is 0 Å². The summed E-state index contributed by atoms with van der Waals surface area (Å²) in [5.41, 5.74) is 6.84. The highest BCUT2D eigenvalue weighted by atomic mass is 14.2. The van der Waals surface area contributed by atoms with E-state index in [1.165, 1.54) is 27.8 Å². The van der Waals surface area contributed by atoms with Crippen molar-refractivity contribution in [2.24, 2.45) is 0 Å². The van der Waals surface area contributed by atoms with Gasteiger partial charge in [-0.25, -0.2) is 0 Å². The molecule has 104 valence electrons. The Balaban J connectivity index is 2.44. The van der Waals surface area contributed by atoms with Gasteiger partial charge in [-0.2, -0.15) is 0 Å². The van der Waals surface area contributed by atoms with Gasteiger partial charge >= 0.3 is 0 Å². The summed E-state index contributed by atoms with van der Waals surface area (Å²) in [5, 5.41) is 0. The largest absolute Gasteiger partial charge is 0.0622 e. The minimum absolute atomic E-state index is 0.190. The van der Waals surface area contributed by atoms with Crippen molar-refractivity contribution in [3.8, 4) is 0 Å². The standard InChI is InChI=1S/C20H24/c1-15-11-12-18(20(3,4)5)14-19(15)16(2)13-17-9-7-6-8-10-17/h6-14H,1-5H3/b16-13+. The first-order valence-electron chi connectivity index (χ1n) is 7.23. The zero-order valence-electron chi connectivity index (χ0n) is 13.2. The van der Waals surface area contributed by atoms with E-state index in [4.69, 9.17) is 0 Å². The molecule has 0 fully saturated rings. The van der Waals surface area contributed by atoms with E-state index in [9.17, 15) is 0 Å². The second-order valence-corrected chi connectivity index (χ2v) is 6.52. The monoisotopic (exact) mass is 264 g/mol. The van der Waals surface area contributed by atoms with Crippen LogP contribution in [-0.2, 0) is 5.41 Å². The summed E-state index contributed by atoms with van der Waals surface area (Å²) in [6.07, 6.45) is 2.26. The first-order valence-corrected chi connectivity index (χ1v) is 7.23. The van der Waals surface area contributed by atoms with Crippen LogP contribution in [0.4, 0.5) is 0 Å². The van der Waals surface area contributed by atoms with E-state index in [1.807, 2.05) is 0 Å². The number of hydrogen-bond acceptors (Lipinski definition) is 0. The average Bonchev–Trinajstić information content (AvgIpc) is 2.39. The third-order valence-corrected chi connectivity index (χ3v) is 3.71. The summed E-state index contributed by atoms with van der Waals surface area (Å²) >= 11 is 0. The maximum atomic E-state index is 2.34. The van der Waals surface area contributed by atoms with E-state index in [1.54, 1.807) is 0 Å². The molecule has 2 aromatic carbocycles. The van der Waals surface area contributed by atoms with Crippen molar-refractivity contribution in [3.63, 3.8) is 0 Å². The Kier molecular flexibility index (Phi) is 4.13. The fourth-order valence-electron chi connectivity index (χ4n) is 2.39. The number of benzene rings is 2. The van der Waals surface area contributed by atoms with E-state index in [0.29, 0.717) is 0 Å². The molecule has 0 heterocycles. The van der Waals surface area contributed by atoms with E-state index in [-0.39, 0.29) is 5.41 Å². The zero-order chi connectivity index (χ0) is 14.8. The molecule has 0 unspecified atom stereocenters. The Labute approximate surface area is 123 Å². The summed E-state index contributed by atoms with van der Waals surface area (Å²) in [7, 11) is 0. The van der Waals surface area contributed by atoms with Crippen LogP contribution in [0.2, 0.25) is 0 Å². The molecule has 0 N–H and O–H groups in total. The molecule has 0 saturated carbocycles. The lowest BCUT2D eigenvalue weighted by Gasteiger charge is -2.21. The molecular formula is C20H24. The lowest BCUT2D eigenvalue weighted by atomic mass is 9.84. The maximum absolute atomic E-state index is 2.34. The zero-order valence-corrected chi connectivity index (χ0v) is 13.2. The van der Waals surface area contributed by atoms with Gasteiger partial charge in [0.05, 0.1) is 0 Å². The normalized spacial score (nSPS) is 12.6. The fraction of sp³-hybridized carbons (Fsp3) is 0.300. The minimum Gasteiger partial charge on any atom is -0.0622 e. The predicted octanol–water partition coefficient (Wildman–Crippen LogP) is 5.85. The maximum Gasteiger partial charge on any atom is -0.0132 e. The van der Waals surface area contributed by atoms with Crippen LogP contribution in [0.1, 0.15) is 49.9 Å². The van der Waals surface area contributed by atoms with E-state index in [0.717, 1.165) is 0 Å². The van der Waals surface area contributed by atoms with E-state index >= 15 is 0 Å². The van der Waals surface area contributed by atoms with E-state index < -0.39 is 0 Å². The van der Waals surface area contributed by atoms with Crippen LogP contribution in [-0.4, -0.2) is 0 Å². The average molecular weight is 264 g/mol. The third kappa shape index (κ3) is 3.39. The first kappa shape index (κ1) is 14.6. The van der Waals surface area contributed by atoms with Crippen molar-refractivity contribution in [3.05, 3.63) is 70.8 Å². The molecule has 0 aliphatic rings. The van der Waals surface area contributed by atoms with Gasteiger partial charge in [0.25, 0.3) is 0 Å². The summed E-state index contributed by atoms with van der Waals surface area (Å²) < 4.78 is 0. The molecule has 0 aliphatic carbocycles. The molecule has 0 heteroatoms. The quantitative estimate of drug-likeness (QED) is 0.596. The number of rotatable bonds is 2. The molecule has 0 aliphatic heterocycles. The first-order chi connectivity index (χ1) is 9.38. The van der Waals surface area contributed by atoms with Crippen molar-refractivity contribution in [2.75, 3.05) is 0 Å². The summed E-state index contributed by atoms with van der Waals surface area (Å²) in [4.78, 5) is 0. The Morgan fingerprint density at radius 3 is 2.20 bits per heavy atom. The molecule has 2 aromatic rings.